The molecule has 0 N–H and O–H groups in total. The van der Waals surface area contributed by atoms with Gasteiger partial charge in [0.05, 0.1) is 12.7 Å². The first-order chi connectivity index (χ1) is 9.75. The second-order valence-electron chi connectivity index (χ2n) is 5.87. The zero-order chi connectivity index (χ0) is 15.8. The minimum atomic E-state index is -0.619. The summed E-state index contributed by atoms with van der Waals surface area (Å²) in [5.41, 5.74) is 0.745. The van der Waals surface area contributed by atoms with Crippen LogP contribution in [0.15, 0.2) is 22.6 Å². The van der Waals surface area contributed by atoms with E-state index in [4.69, 9.17) is 9.15 Å². The molecule has 0 aliphatic carbocycles. The molecule has 5 heteroatoms. The number of carbonyl (C=O) groups excluding carboxylic acids is 1. The summed E-state index contributed by atoms with van der Waals surface area (Å²) in [5, 5.41) is 0. The van der Waals surface area contributed by atoms with Crippen molar-refractivity contribution in [3.63, 3.8) is 0 Å². The third-order valence-electron chi connectivity index (χ3n) is 3.13. The summed E-state index contributed by atoms with van der Waals surface area (Å²) in [6, 6.07) is 4.95. The van der Waals surface area contributed by atoms with Crippen LogP contribution < -0.4 is 0 Å². The van der Waals surface area contributed by atoms with Crippen molar-refractivity contribution in [3.05, 3.63) is 41.0 Å². The molecule has 0 bridgehead atoms. The lowest BCUT2D eigenvalue weighted by Crippen LogP contribution is -2.17. The first kappa shape index (κ1) is 15.2. The van der Waals surface area contributed by atoms with Gasteiger partial charge in [-0.1, -0.05) is 32.9 Å². The van der Waals surface area contributed by atoms with Crippen LogP contribution in [-0.2, 0) is 10.2 Å². The van der Waals surface area contributed by atoms with Crippen LogP contribution in [0.4, 0.5) is 4.39 Å². The second kappa shape index (κ2) is 5.31. The summed E-state index contributed by atoms with van der Waals surface area (Å²) in [4.78, 5) is 16.1. The molecule has 1 heterocycles. The molecule has 0 saturated heterocycles. The van der Waals surface area contributed by atoms with Crippen molar-refractivity contribution in [2.75, 3.05) is 7.11 Å². The Morgan fingerprint density at radius 3 is 2.57 bits per heavy atom. The van der Waals surface area contributed by atoms with E-state index in [1.165, 1.54) is 7.11 Å². The molecule has 0 radical (unpaired) electrons. The van der Waals surface area contributed by atoms with Crippen molar-refractivity contribution < 1.29 is 18.3 Å². The molecule has 2 aromatic rings. The van der Waals surface area contributed by atoms with Gasteiger partial charge in [0.25, 0.3) is 0 Å². The first-order valence-corrected chi connectivity index (χ1v) is 6.60. The van der Waals surface area contributed by atoms with Gasteiger partial charge in [0.15, 0.2) is 0 Å². The molecule has 0 spiro atoms. The van der Waals surface area contributed by atoms with Crippen LogP contribution in [-0.4, -0.2) is 18.1 Å². The number of aromatic nitrogens is 1. The normalized spacial score (nSPS) is 11.5. The van der Waals surface area contributed by atoms with Gasteiger partial charge in [0, 0.05) is 5.41 Å². The van der Waals surface area contributed by atoms with Crippen LogP contribution in [0.5, 0.6) is 0 Å². The van der Waals surface area contributed by atoms with Crippen LogP contribution in [0.2, 0.25) is 0 Å². The minimum Gasteiger partial charge on any atom is -0.463 e. The first-order valence-electron chi connectivity index (χ1n) is 6.60. The number of aryl methyl sites for hydroxylation is 1. The highest BCUT2D eigenvalue weighted by atomic mass is 19.1. The number of benzene rings is 1. The van der Waals surface area contributed by atoms with Gasteiger partial charge in [-0.15, -0.1) is 0 Å². The predicted molar refractivity (Wildman–Crippen MR) is 76.7 cm³/mol. The molecule has 1 aromatic carbocycles. The largest absolute Gasteiger partial charge is 0.463 e. The molecule has 0 unspecified atom stereocenters. The van der Waals surface area contributed by atoms with Crippen molar-refractivity contribution in [1.82, 2.24) is 4.98 Å². The molecule has 0 aliphatic rings. The van der Waals surface area contributed by atoms with E-state index in [9.17, 15) is 9.18 Å². The number of carbonyl (C=O) groups is 1. The average Bonchev–Trinajstić information content (AvgIpc) is 2.86. The van der Waals surface area contributed by atoms with Crippen LogP contribution in [0.3, 0.4) is 0 Å². The molecule has 0 amide bonds. The zero-order valence-corrected chi connectivity index (χ0v) is 12.8. The summed E-state index contributed by atoms with van der Waals surface area (Å²) < 4.78 is 24.4. The Hall–Kier alpha value is -2.17. The SMILES string of the molecule is COC(=O)c1oc(-c2cccc(C)c2F)nc1C(C)(C)C. The summed E-state index contributed by atoms with van der Waals surface area (Å²) in [5.74, 6) is -0.926. The number of esters is 1. The smallest absolute Gasteiger partial charge is 0.376 e. The molecular weight excluding hydrogens is 273 g/mol. The maximum atomic E-state index is 14.2. The van der Waals surface area contributed by atoms with Crippen molar-refractivity contribution in [3.8, 4) is 11.5 Å². The van der Waals surface area contributed by atoms with Crippen LogP contribution in [0, 0.1) is 12.7 Å². The van der Waals surface area contributed by atoms with E-state index < -0.39 is 17.2 Å². The van der Waals surface area contributed by atoms with Gasteiger partial charge in [0.2, 0.25) is 11.7 Å². The van der Waals surface area contributed by atoms with E-state index in [1.54, 1.807) is 25.1 Å². The lowest BCUT2D eigenvalue weighted by molar-refractivity contribution is 0.0562. The number of halogens is 1. The van der Waals surface area contributed by atoms with Crippen molar-refractivity contribution in [1.29, 1.82) is 0 Å². The molecule has 0 aliphatic heterocycles. The summed E-state index contributed by atoms with van der Waals surface area (Å²) in [7, 11) is 1.27. The fraction of sp³-hybridized carbons (Fsp3) is 0.375. The minimum absolute atomic E-state index is 0.0147. The van der Waals surface area contributed by atoms with Crippen LogP contribution in [0.1, 0.15) is 42.6 Å². The molecule has 0 atom stereocenters. The van der Waals surface area contributed by atoms with E-state index in [0.717, 1.165) is 0 Å². The quantitative estimate of drug-likeness (QED) is 0.788. The summed E-state index contributed by atoms with van der Waals surface area (Å²) in [6.07, 6.45) is 0. The Kier molecular flexibility index (Phi) is 3.85. The standard InChI is InChI=1S/C16H18FNO3/c1-9-7-6-8-10(11(9)17)14-18-13(16(2,3)4)12(21-14)15(19)20-5/h6-8H,1-5H3. The van der Waals surface area contributed by atoms with Crippen LogP contribution >= 0.6 is 0 Å². The Bertz CT molecular complexity index is 683. The fourth-order valence-electron chi connectivity index (χ4n) is 1.99. The number of rotatable bonds is 2. The van der Waals surface area contributed by atoms with E-state index in [-0.39, 0.29) is 17.2 Å². The van der Waals surface area contributed by atoms with Gasteiger partial charge in [-0.2, -0.15) is 0 Å². The molecule has 2 rings (SSSR count). The summed E-state index contributed by atoms with van der Waals surface area (Å²) in [6.45, 7) is 7.35. The number of oxazole rings is 1. The number of nitrogens with zero attached hydrogens (tertiary/aromatic N) is 1. The lowest BCUT2D eigenvalue weighted by Gasteiger charge is -2.15. The monoisotopic (exact) mass is 291 g/mol. The fourth-order valence-corrected chi connectivity index (χ4v) is 1.99. The van der Waals surface area contributed by atoms with E-state index in [2.05, 4.69) is 4.98 Å². The van der Waals surface area contributed by atoms with Gasteiger partial charge in [-0.25, -0.2) is 14.2 Å². The molecule has 21 heavy (non-hydrogen) atoms. The van der Waals surface area contributed by atoms with Gasteiger partial charge < -0.3 is 9.15 Å². The van der Waals surface area contributed by atoms with Crippen molar-refractivity contribution in [2.24, 2.45) is 0 Å². The van der Waals surface area contributed by atoms with Crippen molar-refractivity contribution >= 4 is 5.97 Å². The highest BCUT2D eigenvalue weighted by Gasteiger charge is 2.30. The second-order valence-corrected chi connectivity index (χ2v) is 5.87. The number of ether oxygens (including phenoxy) is 1. The molecule has 0 saturated carbocycles. The van der Waals surface area contributed by atoms with Gasteiger partial charge >= 0.3 is 5.97 Å². The maximum Gasteiger partial charge on any atom is 0.376 e. The third kappa shape index (κ3) is 2.82. The van der Waals surface area contributed by atoms with Crippen LogP contribution in [0.25, 0.3) is 11.5 Å². The predicted octanol–water partition coefficient (Wildman–Crippen LogP) is 3.87. The van der Waals surface area contributed by atoms with Gasteiger partial charge in [0.1, 0.15) is 11.5 Å². The Balaban J connectivity index is 2.64. The molecular formula is C16H18FNO3. The Labute approximate surface area is 122 Å². The Morgan fingerprint density at radius 2 is 2.00 bits per heavy atom. The average molecular weight is 291 g/mol. The maximum absolute atomic E-state index is 14.2. The van der Waals surface area contributed by atoms with E-state index in [1.807, 2.05) is 20.8 Å². The van der Waals surface area contributed by atoms with Gasteiger partial charge in [-0.3, -0.25) is 0 Å². The van der Waals surface area contributed by atoms with E-state index in [0.29, 0.717) is 11.3 Å². The molecule has 4 nitrogen and oxygen atoms in total. The highest BCUT2D eigenvalue weighted by molar-refractivity contribution is 5.88. The highest BCUT2D eigenvalue weighted by Crippen LogP contribution is 2.32. The topological polar surface area (TPSA) is 52.3 Å². The molecule has 112 valence electrons. The van der Waals surface area contributed by atoms with Gasteiger partial charge in [-0.05, 0) is 18.6 Å². The lowest BCUT2D eigenvalue weighted by atomic mass is 9.91. The number of hydrogen-bond donors (Lipinski definition) is 0. The van der Waals surface area contributed by atoms with E-state index >= 15 is 0 Å². The third-order valence-corrected chi connectivity index (χ3v) is 3.13. The molecule has 0 fully saturated rings. The number of hydrogen-bond acceptors (Lipinski definition) is 4. The Morgan fingerprint density at radius 1 is 1.33 bits per heavy atom. The van der Waals surface area contributed by atoms with Crippen molar-refractivity contribution in [2.45, 2.75) is 33.1 Å². The summed E-state index contributed by atoms with van der Waals surface area (Å²) >= 11 is 0. The zero-order valence-electron chi connectivity index (χ0n) is 12.8. The molecule has 1 aromatic heterocycles. The number of methoxy groups -OCH3 is 1.